The smallest absolute Gasteiger partial charge is 0.321 e. The highest BCUT2D eigenvalue weighted by Crippen LogP contribution is 2.13. The van der Waals surface area contributed by atoms with Gasteiger partial charge in [0.25, 0.3) is 5.91 Å². The first kappa shape index (κ1) is 16.3. The van der Waals surface area contributed by atoms with Gasteiger partial charge in [0.15, 0.2) is 0 Å². The number of urea groups is 1. The normalized spacial score (nSPS) is 17.1. The van der Waals surface area contributed by atoms with Crippen LogP contribution in [-0.2, 0) is 0 Å². The van der Waals surface area contributed by atoms with Crippen LogP contribution in [0.2, 0.25) is 0 Å². The highest BCUT2D eigenvalue weighted by molar-refractivity contribution is 5.96. The first-order valence-corrected chi connectivity index (χ1v) is 7.63. The Labute approximate surface area is 131 Å². The summed E-state index contributed by atoms with van der Waals surface area (Å²) in [5, 5.41) is 9.00. The van der Waals surface area contributed by atoms with Crippen molar-refractivity contribution >= 4 is 17.6 Å². The predicted molar refractivity (Wildman–Crippen MR) is 87.1 cm³/mol. The Morgan fingerprint density at radius 3 is 2.86 bits per heavy atom. The SMILES string of the molecule is CN(C)C(=O)Nc1cccc(C(=O)NCCC2CCNC2)c1. The molecule has 1 aliphatic heterocycles. The lowest BCUT2D eigenvalue weighted by Gasteiger charge is -2.13. The van der Waals surface area contributed by atoms with Crippen LogP contribution in [0.1, 0.15) is 23.2 Å². The average molecular weight is 304 g/mol. The van der Waals surface area contributed by atoms with E-state index in [9.17, 15) is 9.59 Å². The van der Waals surface area contributed by atoms with Crippen LogP contribution in [0.25, 0.3) is 0 Å². The van der Waals surface area contributed by atoms with Crippen LogP contribution in [0, 0.1) is 5.92 Å². The van der Waals surface area contributed by atoms with Crippen LogP contribution in [0.3, 0.4) is 0 Å². The fraction of sp³-hybridized carbons (Fsp3) is 0.500. The molecule has 6 nitrogen and oxygen atoms in total. The van der Waals surface area contributed by atoms with Gasteiger partial charge in [0, 0.05) is 31.9 Å². The molecule has 0 aliphatic carbocycles. The summed E-state index contributed by atoms with van der Waals surface area (Å²) in [6.07, 6.45) is 2.18. The van der Waals surface area contributed by atoms with Crippen molar-refractivity contribution in [1.29, 1.82) is 0 Å². The summed E-state index contributed by atoms with van der Waals surface area (Å²) in [4.78, 5) is 25.2. The van der Waals surface area contributed by atoms with Crippen molar-refractivity contribution < 1.29 is 9.59 Å². The van der Waals surface area contributed by atoms with Gasteiger partial charge in [-0.3, -0.25) is 4.79 Å². The molecule has 6 heteroatoms. The van der Waals surface area contributed by atoms with Crippen LogP contribution in [-0.4, -0.2) is 50.6 Å². The highest BCUT2D eigenvalue weighted by Gasteiger charge is 2.14. The molecule has 0 aromatic heterocycles. The summed E-state index contributed by atoms with van der Waals surface area (Å²) >= 11 is 0. The number of hydrogen-bond acceptors (Lipinski definition) is 3. The fourth-order valence-electron chi connectivity index (χ4n) is 2.43. The number of hydrogen-bond donors (Lipinski definition) is 3. The zero-order valence-electron chi connectivity index (χ0n) is 13.2. The van der Waals surface area contributed by atoms with E-state index in [0.717, 1.165) is 19.5 Å². The van der Waals surface area contributed by atoms with Gasteiger partial charge in [-0.1, -0.05) is 6.07 Å². The van der Waals surface area contributed by atoms with E-state index in [0.29, 0.717) is 23.7 Å². The molecule has 1 atom stereocenters. The molecule has 1 heterocycles. The summed E-state index contributed by atoms with van der Waals surface area (Å²) < 4.78 is 0. The van der Waals surface area contributed by atoms with Crippen LogP contribution in [0.5, 0.6) is 0 Å². The predicted octanol–water partition coefficient (Wildman–Crippen LogP) is 1.51. The van der Waals surface area contributed by atoms with E-state index in [4.69, 9.17) is 0 Å². The first-order chi connectivity index (χ1) is 10.6. The van der Waals surface area contributed by atoms with Gasteiger partial charge in [-0.15, -0.1) is 0 Å². The van der Waals surface area contributed by atoms with Gasteiger partial charge in [-0.25, -0.2) is 4.79 Å². The molecule has 3 N–H and O–H groups in total. The Morgan fingerprint density at radius 1 is 1.36 bits per heavy atom. The molecule has 3 amide bonds. The Morgan fingerprint density at radius 2 is 2.18 bits per heavy atom. The molecule has 22 heavy (non-hydrogen) atoms. The van der Waals surface area contributed by atoms with E-state index >= 15 is 0 Å². The van der Waals surface area contributed by atoms with Gasteiger partial charge in [-0.05, 0) is 50.0 Å². The van der Waals surface area contributed by atoms with Gasteiger partial charge >= 0.3 is 6.03 Å². The Kier molecular flexibility index (Phi) is 5.77. The molecule has 0 bridgehead atoms. The van der Waals surface area contributed by atoms with Crippen molar-refractivity contribution in [2.75, 3.05) is 39.0 Å². The third-order valence-corrected chi connectivity index (χ3v) is 3.78. The highest BCUT2D eigenvalue weighted by atomic mass is 16.2. The molecule has 1 unspecified atom stereocenters. The van der Waals surface area contributed by atoms with Crippen molar-refractivity contribution in [2.24, 2.45) is 5.92 Å². The zero-order chi connectivity index (χ0) is 15.9. The fourth-order valence-corrected chi connectivity index (χ4v) is 2.43. The maximum atomic E-state index is 12.1. The molecule has 1 aromatic rings. The summed E-state index contributed by atoms with van der Waals surface area (Å²) in [6, 6.07) is 6.75. The number of rotatable bonds is 5. The van der Waals surface area contributed by atoms with Gasteiger partial charge in [0.05, 0.1) is 0 Å². The van der Waals surface area contributed by atoms with Crippen molar-refractivity contribution in [3.63, 3.8) is 0 Å². The Bertz CT molecular complexity index is 525. The van der Waals surface area contributed by atoms with Gasteiger partial charge in [-0.2, -0.15) is 0 Å². The third-order valence-electron chi connectivity index (χ3n) is 3.78. The van der Waals surface area contributed by atoms with E-state index in [1.165, 1.54) is 11.3 Å². The second-order valence-electron chi connectivity index (χ2n) is 5.81. The van der Waals surface area contributed by atoms with Gasteiger partial charge in [0.1, 0.15) is 0 Å². The number of nitrogens with one attached hydrogen (secondary N) is 3. The molecule has 1 fully saturated rings. The molecular weight excluding hydrogens is 280 g/mol. The molecule has 1 saturated heterocycles. The largest absolute Gasteiger partial charge is 0.352 e. The van der Waals surface area contributed by atoms with E-state index in [1.807, 2.05) is 0 Å². The Hall–Kier alpha value is -2.08. The Balaban J connectivity index is 1.85. The summed E-state index contributed by atoms with van der Waals surface area (Å²) in [5.41, 5.74) is 1.17. The molecule has 0 saturated carbocycles. The van der Waals surface area contributed by atoms with Crippen molar-refractivity contribution in [2.45, 2.75) is 12.8 Å². The van der Waals surface area contributed by atoms with Gasteiger partial charge < -0.3 is 20.9 Å². The van der Waals surface area contributed by atoms with E-state index in [2.05, 4.69) is 16.0 Å². The van der Waals surface area contributed by atoms with Crippen LogP contribution >= 0.6 is 0 Å². The average Bonchev–Trinajstić information content (AvgIpc) is 3.00. The topological polar surface area (TPSA) is 73.5 Å². The molecular formula is C16H24N4O2. The zero-order valence-corrected chi connectivity index (χ0v) is 13.2. The van der Waals surface area contributed by atoms with Crippen LogP contribution in [0.15, 0.2) is 24.3 Å². The molecule has 1 aromatic carbocycles. The molecule has 0 spiro atoms. The molecule has 1 aliphatic rings. The second kappa shape index (κ2) is 7.79. The lowest BCUT2D eigenvalue weighted by molar-refractivity contribution is 0.0951. The van der Waals surface area contributed by atoms with E-state index in [-0.39, 0.29) is 11.9 Å². The van der Waals surface area contributed by atoms with Crippen molar-refractivity contribution in [3.8, 4) is 0 Å². The van der Waals surface area contributed by atoms with Gasteiger partial charge in [0.2, 0.25) is 0 Å². The summed E-state index contributed by atoms with van der Waals surface area (Å²) in [5.74, 6) is 0.554. The quantitative estimate of drug-likeness (QED) is 0.772. The molecule has 120 valence electrons. The summed E-state index contributed by atoms with van der Waals surface area (Å²) in [7, 11) is 3.34. The minimum atomic E-state index is -0.216. The standard InChI is InChI=1S/C16H24N4O2/c1-20(2)16(22)19-14-5-3-4-13(10-14)15(21)18-9-7-12-6-8-17-11-12/h3-5,10,12,17H,6-9,11H2,1-2H3,(H,18,21)(H,19,22). The summed E-state index contributed by atoms with van der Waals surface area (Å²) in [6.45, 7) is 2.80. The lowest BCUT2D eigenvalue weighted by Crippen LogP contribution is -2.28. The van der Waals surface area contributed by atoms with E-state index < -0.39 is 0 Å². The van der Waals surface area contributed by atoms with Crippen LogP contribution in [0.4, 0.5) is 10.5 Å². The van der Waals surface area contributed by atoms with E-state index in [1.54, 1.807) is 38.4 Å². The number of benzene rings is 1. The minimum absolute atomic E-state index is 0.105. The molecule has 0 radical (unpaired) electrons. The van der Waals surface area contributed by atoms with Crippen molar-refractivity contribution in [3.05, 3.63) is 29.8 Å². The minimum Gasteiger partial charge on any atom is -0.352 e. The number of carbonyl (C=O) groups is 2. The number of nitrogens with zero attached hydrogens (tertiary/aromatic N) is 1. The first-order valence-electron chi connectivity index (χ1n) is 7.63. The van der Waals surface area contributed by atoms with Crippen LogP contribution < -0.4 is 16.0 Å². The second-order valence-corrected chi connectivity index (χ2v) is 5.81. The number of carbonyl (C=O) groups excluding carboxylic acids is 2. The maximum absolute atomic E-state index is 12.1. The third kappa shape index (κ3) is 4.73. The van der Waals surface area contributed by atoms with Crippen molar-refractivity contribution in [1.82, 2.24) is 15.5 Å². The lowest BCUT2D eigenvalue weighted by atomic mass is 10.1. The monoisotopic (exact) mass is 304 g/mol. The number of amides is 3. The number of anilines is 1. The maximum Gasteiger partial charge on any atom is 0.321 e. The molecule has 2 rings (SSSR count).